The van der Waals surface area contributed by atoms with Gasteiger partial charge in [-0.25, -0.2) is 8.78 Å². The molecule has 3 nitrogen and oxygen atoms in total. The Balaban J connectivity index is 1.59. The van der Waals surface area contributed by atoms with Crippen LogP contribution in [0.5, 0.6) is 0 Å². The van der Waals surface area contributed by atoms with Crippen molar-refractivity contribution in [2.75, 3.05) is 13.1 Å². The first kappa shape index (κ1) is 15.1. The molecule has 2 heterocycles. The van der Waals surface area contributed by atoms with Crippen LogP contribution >= 0.6 is 0 Å². The van der Waals surface area contributed by atoms with Gasteiger partial charge < -0.3 is 4.90 Å². The zero-order valence-electron chi connectivity index (χ0n) is 13.2. The van der Waals surface area contributed by atoms with Crippen LogP contribution in [0.25, 0.3) is 0 Å². The third kappa shape index (κ3) is 2.55. The summed E-state index contributed by atoms with van der Waals surface area (Å²) in [5.74, 6) is -0.836. The third-order valence-corrected chi connectivity index (χ3v) is 5.64. The van der Waals surface area contributed by atoms with E-state index < -0.39 is 17.2 Å². The number of piperidine rings is 1. The van der Waals surface area contributed by atoms with Crippen molar-refractivity contribution in [2.24, 2.45) is 0 Å². The van der Waals surface area contributed by atoms with Gasteiger partial charge in [0.05, 0.1) is 0 Å². The SMILES string of the molecule is O=C1N(C2CC2)CCCC12CCCN2Cc1ccc(F)cc1F. The van der Waals surface area contributed by atoms with Crippen molar-refractivity contribution in [3.05, 3.63) is 35.4 Å². The van der Waals surface area contributed by atoms with Gasteiger partial charge in [-0.05, 0) is 51.1 Å². The van der Waals surface area contributed by atoms with E-state index >= 15 is 0 Å². The number of likely N-dealkylation sites (tertiary alicyclic amines) is 2. The topological polar surface area (TPSA) is 23.6 Å². The Kier molecular flexibility index (Phi) is 3.63. The number of carbonyl (C=O) groups excluding carboxylic acids is 1. The van der Waals surface area contributed by atoms with Gasteiger partial charge in [0.2, 0.25) is 5.91 Å². The van der Waals surface area contributed by atoms with Gasteiger partial charge in [0.15, 0.2) is 0 Å². The maximum atomic E-state index is 14.0. The summed E-state index contributed by atoms with van der Waals surface area (Å²) in [5.41, 5.74) is 0.0193. The second kappa shape index (κ2) is 5.55. The molecule has 0 N–H and O–H groups in total. The minimum atomic E-state index is -0.559. The van der Waals surface area contributed by atoms with Gasteiger partial charge in [-0.2, -0.15) is 0 Å². The van der Waals surface area contributed by atoms with Crippen molar-refractivity contribution in [3.8, 4) is 0 Å². The van der Waals surface area contributed by atoms with Crippen LogP contribution in [0, 0.1) is 11.6 Å². The van der Waals surface area contributed by atoms with Crippen molar-refractivity contribution in [3.63, 3.8) is 0 Å². The highest BCUT2D eigenvalue weighted by atomic mass is 19.1. The first-order valence-electron chi connectivity index (χ1n) is 8.60. The molecule has 23 heavy (non-hydrogen) atoms. The number of nitrogens with zero attached hydrogens (tertiary/aromatic N) is 2. The lowest BCUT2D eigenvalue weighted by molar-refractivity contribution is -0.148. The predicted molar refractivity (Wildman–Crippen MR) is 82.7 cm³/mol. The van der Waals surface area contributed by atoms with Crippen molar-refractivity contribution in [1.82, 2.24) is 9.80 Å². The van der Waals surface area contributed by atoms with Crippen LogP contribution in [0.15, 0.2) is 18.2 Å². The molecule has 1 aromatic carbocycles. The first-order chi connectivity index (χ1) is 11.1. The maximum Gasteiger partial charge on any atom is 0.243 e. The highest BCUT2D eigenvalue weighted by Gasteiger charge is 2.53. The largest absolute Gasteiger partial charge is 0.338 e. The normalized spacial score (nSPS) is 28.8. The van der Waals surface area contributed by atoms with Gasteiger partial charge in [-0.15, -0.1) is 0 Å². The van der Waals surface area contributed by atoms with Gasteiger partial charge in [0, 0.05) is 30.8 Å². The lowest BCUT2D eigenvalue weighted by Gasteiger charge is -2.45. The lowest BCUT2D eigenvalue weighted by Crippen LogP contribution is -2.60. The average molecular weight is 320 g/mol. The van der Waals surface area contributed by atoms with E-state index in [0.717, 1.165) is 57.7 Å². The molecule has 1 unspecified atom stereocenters. The molecule has 4 rings (SSSR count). The molecule has 1 saturated carbocycles. The first-order valence-corrected chi connectivity index (χ1v) is 8.60. The Hall–Kier alpha value is -1.49. The molecule has 3 aliphatic rings. The smallest absolute Gasteiger partial charge is 0.243 e. The number of amides is 1. The van der Waals surface area contributed by atoms with E-state index in [1.165, 1.54) is 12.1 Å². The standard InChI is InChI=1S/C18H22F2N2O/c19-14-4-3-13(16(20)11-14)12-21-9-1-7-18(21)8-2-10-22(17(18)23)15-5-6-15/h3-4,11,15H,1-2,5-10,12H2. The summed E-state index contributed by atoms with van der Waals surface area (Å²) in [6, 6.07) is 4.16. The Morgan fingerprint density at radius 2 is 1.87 bits per heavy atom. The number of benzene rings is 1. The molecule has 1 aromatic rings. The fourth-order valence-corrected chi connectivity index (χ4v) is 4.30. The molecular formula is C18H22F2N2O. The summed E-state index contributed by atoms with van der Waals surface area (Å²) in [6.07, 6.45) is 5.94. The van der Waals surface area contributed by atoms with Gasteiger partial charge >= 0.3 is 0 Å². The van der Waals surface area contributed by atoms with Crippen molar-refractivity contribution in [2.45, 2.75) is 56.7 Å². The number of rotatable bonds is 3. The van der Waals surface area contributed by atoms with Crippen LogP contribution in [0.3, 0.4) is 0 Å². The highest BCUT2D eigenvalue weighted by Crippen LogP contribution is 2.42. The summed E-state index contributed by atoms with van der Waals surface area (Å²) in [4.78, 5) is 17.3. The zero-order chi connectivity index (χ0) is 16.0. The lowest BCUT2D eigenvalue weighted by atomic mass is 9.85. The number of hydrogen-bond acceptors (Lipinski definition) is 2. The van der Waals surface area contributed by atoms with E-state index in [1.54, 1.807) is 0 Å². The predicted octanol–water partition coefficient (Wildman–Crippen LogP) is 3.08. The summed E-state index contributed by atoms with van der Waals surface area (Å²) < 4.78 is 27.1. The Labute approximate surface area is 135 Å². The van der Waals surface area contributed by atoms with E-state index in [0.29, 0.717) is 18.2 Å². The maximum absolute atomic E-state index is 14.0. The number of halogens is 2. The van der Waals surface area contributed by atoms with E-state index in [4.69, 9.17) is 0 Å². The van der Waals surface area contributed by atoms with Crippen LogP contribution in [-0.2, 0) is 11.3 Å². The van der Waals surface area contributed by atoms with Crippen LogP contribution in [0.1, 0.15) is 44.1 Å². The second-order valence-corrected chi connectivity index (χ2v) is 7.13. The Morgan fingerprint density at radius 1 is 1.13 bits per heavy atom. The molecule has 2 aliphatic heterocycles. The average Bonchev–Trinajstić information content (AvgIpc) is 3.28. The molecular weight excluding hydrogens is 298 g/mol. The molecule has 0 aromatic heterocycles. The van der Waals surface area contributed by atoms with Gasteiger partial charge in [-0.3, -0.25) is 9.69 Å². The number of carbonyl (C=O) groups is 1. The molecule has 1 spiro atoms. The molecule has 1 amide bonds. The van der Waals surface area contributed by atoms with Crippen LogP contribution in [0.2, 0.25) is 0 Å². The molecule has 2 saturated heterocycles. The minimum Gasteiger partial charge on any atom is -0.338 e. The molecule has 0 bridgehead atoms. The summed E-state index contributed by atoms with van der Waals surface area (Å²) in [6.45, 7) is 2.06. The fraction of sp³-hybridized carbons (Fsp3) is 0.611. The Bertz CT molecular complexity index is 631. The molecule has 3 fully saturated rings. The summed E-state index contributed by atoms with van der Waals surface area (Å²) >= 11 is 0. The molecule has 5 heteroatoms. The van der Waals surface area contributed by atoms with Crippen LogP contribution in [0.4, 0.5) is 8.78 Å². The monoisotopic (exact) mass is 320 g/mol. The van der Waals surface area contributed by atoms with E-state index in [-0.39, 0.29) is 5.91 Å². The Morgan fingerprint density at radius 3 is 2.57 bits per heavy atom. The van der Waals surface area contributed by atoms with Crippen molar-refractivity contribution >= 4 is 5.91 Å². The fourth-order valence-electron chi connectivity index (χ4n) is 4.30. The second-order valence-electron chi connectivity index (χ2n) is 7.13. The van der Waals surface area contributed by atoms with Gasteiger partial charge in [-0.1, -0.05) is 6.07 Å². The molecule has 1 aliphatic carbocycles. The van der Waals surface area contributed by atoms with Gasteiger partial charge in [0.25, 0.3) is 0 Å². The summed E-state index contributed by atoms with van der Waals surface area (Å²) in [5, 5.41) is 0. The van der Waals surface area contributed by atoms with E-state index in [1.807, 2.05) is 0 Å². The van der Waals surface area contributed by atoms with Crippen LogP contribution < -0.4 is 0 Å². The number of hydrogen-bond donors (Lipinski definition) is 0. The minimum absolute atomic E-state index is 0.242. The molecule has 124 valence electrons. The summed E-state index contributed by atoms with van der Waals surface area (Å²) in [7, 11) is 0. The molecule has 1 atom stereocenters. The molecule has 0 radical (unpaired) electrons. The van der Waals surface area contributed by atoms with Crippen molar-refractivity contribution in [1.29, 1.82) is 0 Å². The van der Waals surface area contributed by atoms with Crippen molar-refractivity contribution < 1.29 is 13.6 Å². The van der Waals surface area contributed by atoms with E-state index in [9.17, 15) is 13.6 Å². The van der Waals surface area contributed by atoms with E-state index in [2.05, 4.69) is 9.80 Å². The van der Waals surface area contributed by atoms with Crippen LogP contribution in [-0.4, -0.2) is 40.4 Å². The third-order valence-electron chi connectivity index (χ3n) is 5.64. The zero-order valence-corrected chi connectivity index (χ0v) is 13.2. The quantitative estimate of drug-likeness (QED) is 0.854. The highest BCUT2D eigenvalue weighted by molar-refractivity contribution is 5.88. The van der Waals surface area contributed by atoms with Gasteiger partial charge in [0.1, 0.15) is 17.2 Å².